The van der Waals surface area contributed by atoms with Gasteiger partial charge in [-0.25, -0.2) is 4.79 Å². The Hall–Kier alpha value is -2.24. The first-order valence-corrected chi connectivity index (χ1v) is 7.17. The van der Waals surface area contributed by atoms with E-state index in [0.717, 1.165) is 5.56 Å². The third-order valence-electron chi connectivity index (χ3n) is 2.88. The van der Waals surface area contributed by atoms with Crippen LogP contribution >= 0.6 is 0 Å². The minimum Gasteiger partial charge on any atom is -0.508 e. The number of rotatable bonds is 4. The Bertz CT molecular complexity index is 520. The lowest BCUT2D eigenvalue weighted by Gasteiger charge is -2.22. The summed E-state index contributed by atoms with van der Waals surface area (Å²) in [5, 5.41) is 14.5. The van der Waals surface area contributed by atoms with Gasteiger partial charge >= 0.3 is 6.09 Å². The second kappa shape index (κ2) is 7.15. The lowest BCUT2D eigenvalue weighted by atomic mass is 10.1. The van der Waals surface area contributed by atoms with Gasteiger partial charge in [0.25, 0.3) is 0 Å². The molecule has 22 heavy (non-hydrogen) atoms. The summed E-state index contributed by atoms with van der Waals surface area (Å²) in [6.07, 6.45) is -0.632. The first-order chi connectivity index (χ1) is 10.1. The van der Waals surface area contributed by atoms with E-state index in [1.165, 1.54) is 0 Å². The Morgan fingerprint density at radius 3 is 2.14 bits per heavy atom. The predicted octanol–water partition coefficient (Wildman–Crippen LogP) is 2.48. The number of hydrogen-bond donors (Lipinski definition) is 3. The molecule has 1 aromatic rings. The summed E-state index contributed by atoms with van der Waals surface area (Å²) in [4.78, 5) is 23.7. The van der Waals surface area contributed by atoms with Crippen LogP contribution in [0.4, 0.5) is 4.79 Å². The monoisotopic (exact) mass is 308 g/mol. The summed E-state index contributed by atoms with van der Waals surface area (Å²) in [5.41, 5.74) is 0.246. The van der Waals surface area contributed by atoms with Crippen molar-refractivity contribution in [2.24, 2.45) is 0 Å². The molecule has 0 spiro atoms. The van der Waals surface area contributed by atoms with E-state index in [9.17, 15) is 14.7 Å². The van der Waals surface area contributed by atoms with Crippen LogP contribution < -0.4 is 10.6 Å². The van der Waals surface area contributed by atoms with Gasteiger partial charge in [-0.15, -0.1) is 0 Å². The van der Waals surface area contributed by atoms with E-state index in [1.807, 2.05) is 6.92 Å². The van der Waals surface area contributed by atoms with E-state index in [4.69, 9.17) is 4.74 Å². The van der Waals surface area contributed by atoms with Gasteiger partial charge in [-0.1, -0.05) is 12.1 Å². The molecule has 0 unspecified atom stereocenters. The molecule has 0 aliphatic heterocycles. The number of amides is 2. The van der Waals surface area contributed by atoms with Gasteiger partial charge in [-0.05, 0) is 52.3 Å². The van der Waals surface area contributed by atoms with Gasteiger partial charge in [-0.2, -0.15) is 0 Å². The zero-order valence-electron chi connectivity index (χ0n) is 13.6. The summed E-state index contributed by atoms with van der Waals surface area (Å²) in [6, 6.07) is 5.62. The maximum Gasteiger partial charge on any atom is 0.408 e. The molecule has 6 nitrogen and oxygen atoms in total. The van der Waals surface area contributed by atoms with Crippen LogP contribution in [0.5, 0.6) is 5.75 Å². The molecule has 2 amide bonds. The average molecular weight is 308 g/mol. The van der Waals surface area contributed by atoms with Crippen molar-refractivity contribution in [2.45, 2.75) is 52.3 Å². The molecule has 0 radical (unpaired) electrons. The number of phenols is 1. The largest absolute Gasteiger partial charge is 0.508 e. The van der Waals surface area contributed by atoms with Crippen molar-refractivity contribution in [1.29, 1.82) is 0 Å². The van der Waals surface area contributed by atoms with Crippen molar-refractivity contribution >= 4 is 12.0 Å². The van der Waals surface area contributed by atoms with Gasteiger partial charge in [0.05, 0.1) is 6.04 Å². The topological polar surface area (TPSA) is 87.7 Å². The SMILES string of the molecule is C[C@H](NC(=O)OC(C)(C)C)C(=O)N[C@@H](C)c1ccc(O)cc1. The smallest absolute Gasteiger partial charge is 0.408 e. The Morgan fingerprint density at radius 1 is 1.09 bits per heavy atom. The van der Waals surface area contributed by atoms with E-state index in [2.05, 4.69) is 10.6 Å². The van der Waals surface area contributed by atoms with E-state index < -0.39 is 17.7 Å². The van der Waals surface area contributed by atoms with E-state index in [-0.39, 0.29) is 17.7 Å². The summed E-state index contributed by atoms with van der Waals surface area (Å²) in [5.74, 6) is -0.145. The number of carbonyl (C=O) groups is 2. The lowest BCUT2D eigenvalue weighted by Crippen LogP contribution is -2.47. The van der Waals surface area contributed by atoms with Crippen molar-refractivity contribution in [1.82, 2.24) is 10.6 Å². The van der Waals surface area contributed by atoms with Crippen molar-refractivity contribution in [3.8, 4) is 5.75 Å². The highest BCUT2D eigenvalue weighted by Crippen LogP contribution is 2.16. The molecule has 1 aromatic carbocycles. The number of ether oxygens (including phenoxy) is 1. The molecule has 3 N–H and O–H groups in total. The van der Waals surface area contributed by atoms with Crippen LogP contribution in [-0.4, -0.2) is 28.7 Å². The second-order valence-electron chi connectivity index (χ2n) is 6.19. The van der Waals surface area contributed by atoms with Gasteiger partial charge in [-0.3, -0.25) is 4.79 Å². The van der Waals surface area contributed by atoms with Crippen LogP contribution in [0.3, 0.4) is 0 Å². The molecule has 0 fully saturated rings. The number of hydrogen-bond acceptors (Lipinski definition) is 4. The number of phenolic OH excluding ortho intramolecular Hbond substituents is 1. The van der Waals surface area contributed by atoms with Crippen LogP contribution in [0.15, 0.2) is 24.3 Å². The highest BCUT2D eigenvalue weighted by Gasteiger charge is 2.22. The summed E-state index contributed by atoms with van der Waals surface area (Å²) >= 11 is 0. The zero-order chi connectivity index (χ0) is 16.9. The molecule has 0 aromatic heterocycles. The zero-order valence-corrected chi connectivity index (χ0v) is 13.6. The molecule has 0 aliphatic rings. The number of aromatic hydroxyl groups is 1. The maximum absolute atomic E-state index is 12.1. The Balaban J connectivity index is 2.53. The molecule has 6 heteroatoms. The quantitative estimate of drug-likeness (QED) is 0.797. The Labute approximate surface area is 130 Å². The normalized spacial score (nSPS) is 13.9. The third kappa shape index (κ3) is 6.03. The lowest BCUT2D eigenvalue weighted by molar-refractivity contribution is -0.123. The van der Waals surface area contributed by atoms with Gasteiger partial charge < -0.3 is 20.5 Å². The molecular formula is C16H24N2O4. The first kappa shape index (κ1) is 17.8. The fourth-order valence-corrected chi connectivity index (χ4v) is 1.73. The third-order valence-corrected chi connectivity index (χ3v) is 2.88. The van der Waals surface area contributed by atoms with Crippen molar-refractivity contribution < 1.29 is 19.4 Å². The minimum absolute atomic E-state index is 0.169. The average Bonchev–Trinajstić information content (AvgIpc) is 2.36. The highest BCUT2D eigenvalue weighted by molar-refractivity contribution is 5.85. The molecule has 0 saturated heterocycles. The molecule has 0 bridgehead atoms. The first-order valence-electron chi connectivity index (χ1n) is 7.17. The molecule has 0 heterocycles. The highest BCUT2D eigenvalue weighted by atomic mass is 16.6. The van der Waals surface area contributed by atoms with Crippen molar-refractivity contribution in [3.63, 3.8) is 0 Å². The van der Waals surface area contributed by atoms with Crippen LogP contribution in [0.25, 0.3) is 0 Å². The van der Waals surface area contributed by atoms with Crippen LogP contribution in [0, 0.1) is 0 Å². The van der Waals surface area contributed by atoms with Gasteiger partial charge in [0.1, 0.15) is 17.4 Å². The number of benzene rings is 1. The molecular weight excluding hydrogens is 284 g/mol. The Morgan fingerprint density at radius 2 is 1.64 bits per heavy atom. The molecule has 1 rings (SSSR count). The van der Waals surface area contributed by atoms with E-state index in [1.54, 1.807) is 52.0 Å². The van der Waals surface area contributed by atoms with Crippen LogP contribution in [0.2, 0.25) is 0 Å². The fourth-order valence-electron chi connectivity index (χ4n) is 1.73. The fraction of sp³-hybridized carbons (Fsp3) is 0.500. The van der Waals surface area contributed by atoms with Gasteiger partial charge in [0.2, 0.25) is 5.91 Å². The van der Waals surface area contributed by atoms with Crippen LogP contribution in [-0.2, 0) is 9.53 Å². The Kier molecular flexibility index (Phi) is 5.79. The number of carbonyl (C=O) groups excluding carboxylic acids is 2. The summed E-state index contributed by atoms with van der Waals surface area (Å²) in [7, 11) is 0. The van der Waals surface area contributed by atoms with Crippen molar-refractivity contribution in [2.75, 3.05) is 0 Å². The van der Waals surface area contributed by atoms with Gasteiger partial charge in [0.15, 0.2) is 0 Å². The molecule has 0 aliphatic carbocycles. The van der Waals surface area contributed by atoms with Gasteiger partial charge in [0, 0.05) is 0 Å². The maximum atomic E-state index is 12.1. The van der Waals surface area contributed by atoms with E-state index >= 15 is 0 Å². The minimum atomic E-state index is -0.714. The second-order valence-corrected chi connectivity index (χ2v) is 6.19. The number of nitrogens with one attached hydrogen (secondary N) is 2. The number of alkyl carbamates (subject to hydrolysis) is 1. The molecule has 0 saturated carbocycles. The van der Waals surface area contributed by atoms with E-state index in [0.29, 0.717) is 0 Å². The van der Waals surface area contributed by atoms with Crippen LogP contribution in [0.1, 0.15) is 46.2 Å². The molecule has 122 valence electrons. The standard InChI is InChI=1S/C16H24N2O4/c1-10(12-6-8-13(19)9-7-12)17-14(20)11(2)18-15(21)22-16(3,4)5/h6-11,19H,1-5H3,(H,17,20)(H,18,21)/t10-,11-/m0/s1. The molecule has 2 atom stereocenters. The summed E-state index contributed by atoms with van der Waals surface area (Å²) in [6.45, 7) is 8.67. The summed E-state index contributed by atoms with van der Waals surface area (Å²) < 4.78 is 5.10. The predicted molar refractivity (Wildman–Crippen MR) is 83.5 cm³/mol. The van der Waals surface area contributed by atoms with Crippen molar-refractivity contribution in [3.05, 3.63) is 29.8 Å².